The molecule has 0 radical (unpaired) electrons. The van der Waals surface area contributed by atoms with Crippen LogP contribution in [0.5, 0.6) is 11.5 Å². The zero-order valence-corrected chi connectivity index (χ0v) is 9.73. The highest BCUT2D eigenvalue weighted by atomic mass is 79.9. The third-order valence-electron chi connectivity index (χ3n) is 1.70. The zero-order valence-electron chi connectivity index (χ0n) is 8.14. The van der Waals surface area contributed by atoms with E-state index in [1.54, 1.807) is 12.1 Å². The lowest BCUT2D eigenvalue weighted by atomic mass is 10.2. The summed E-state index contributed by atoms with van der Waals surface area (Å²) in [7, 11) is 0. The maximum atomic E-state index is 9.60. The van der Waals surface area contributed by atoms with Crippen LogP contribution in [0, 0.1) is 0 Å². The minimum absolute atomic E-state index is 0.0570. The van der Waals surface area contributed by atoms with Gasteiger partial charge in [-0.2, -0.15) is 0 Å². The number of phenols is 1. The van der Waals surface area contributed by atoms with Gasteiger partial charge >= 0.3 is 0 Å². The van der Waals surface area contributed by atoms with Crippen LogP contribution in [-0.2, 0) is 6.54 Å². The molecule has 80 valence electrons. The average molecular weight is 272 g/mol. The fraction of sp³-hybridized carbons (Fsp3) is 0.333. The smallest absolute Gasteiger partial charge is 0.172 e. The monoisotopic (exact) mass is 271 g/mol. The summed E-state index contributed by atoms with van der Waals surface area (Å²) in [6.07, 6.45) is 0. The van der Waals surface area contributed by atoms with Crippen molar-refractivity contribution in [2.75, 3.05) is 6.61 Å². The van der Waals surface area contributed by atoms with E-state index in [0.717, 1.165) is 5.56 Å². The molecule has 1 aromatic rings. The Balaban J connectivity index is 3.04. The normalized spacial score (nSPS) is 9.47. The van der Waals surface area contributed by atoms with Gasteiger partial charge in [0.1, 0.15) is 0 Å². The van der Waals surface area contributed by atoms with Gasteiger partial charge < -0.3 is 9.84 Å². The highest BCUT2D eigenvalue weighted by molar-refractivity contribution is 9.10. The molecular formula is C9H10BrN3O2. The first-order chi connectivity index (χ1) is 7.19. The Bertz CT molecular complexity index is 403. The minimum atomic E-state index is 0.0570. The standard InChI is InChI=1S/C9H10BrN3O2/c1-2-15-8-4-6(5-12-13-11)3-7(10)9(8)14/h3-4,14H,2,5H2,1H3. The summed E-state index contributed by atoms with van der Waals surface area (Å²) in [5.41, 5.74) is 8.97. The van der Waals surface area contributed by atoms with Crippen molar-refractivity contribution in [1.82, 2.24) is 0 Å². The Morgan fingerprint density at radius 2 is 2.33 bits per heavy atom. The quantitative estimate of drug-likeness (QED) is 0.518. The van der Waals surface area contributed by atoms with Gasteiger partial charge in [0, 0.05) is 4.91 Å². The summed E-state index contributed by atoms with van der Waals surface area (Å²) in [4.78, 5) is 2.67. The third-order valence-corrected chi connectivity index (χ3v) is 2.31. The topological polar surface area (TPSA) is 78.2 Å². The number of hydrogen-bond acceptors (Lipinski definition) is 3. The van der Waals surface area contributed by atoms with Gasteiger partial charge in [-0.25, -0.2) is 0 Å². The molecule has 1 aromatic carbocycles. The Hall–Kier alpha value is -1.39. The van der Waals surface area contributed by atoms with Gasteiger partial charge in [0.25, 0.3) is 0 Å². The van der Waals surface area contributed by atoms with Crippen LogP contribution in [0.4, 0.5) is 0 Å². The van der Waals surface area contributed by atoms with E-state index in [2.05, 4.69) is 26.0 Å². The van der Waals surface area contributed by atoms with Crippen LogP contribution in [-0.4, -0.2) is 11.7 Å². The van der Waals surface area contributed by atoms with Gasteiger partial charge in [0.05, 0.1) is 17.6 Å². The van der Waals surface area contributed by atoms with E-state index in [-0.39, 0.29) is 12.3 Å². The van der Waals surface area contributed by atoms with Crippen LogP contribution in [0.2, 0.25) is 0 Å². The second kappa shape index (κ2) is 5.48. The molecule has 0 heterocycles. The molecule has 0 saturated heterocycles. The number of hydrogen-bond donors (Lipinski definition) is 1. The Kier molecular flexibility index (Phi) is 4.27. The van der Waals surface area contributed by atoms with Gasteiger partial charge in [-0.3, -0.25) is 0 Å². The number of halogens is 1. The predicted molar refractivity (Wildman–Crippen MR) is 59.8 cm³/mol. The highest BCUT2D eigenvalue weighted by Crippen LogP contribution is 2.35. The predicted octanol–water partition coefficient (Wildman–Crippen LogP) is 3.36. The van der Waals surface area contributed by atoms with Crippen LogP contribution < -0.4 is 4.74 Å². The van der Waals surface area contributed by atoms with Gasteiger partial charge in [0.2, 0.25) is 0 Å². The van der Waals surface area contributed by atoms with Crippen LogP contribution in [0.3, 0.4) is 0 Å². The summed E-state index contributed by atoms with van der Waals surface area (Å²) in [5.74, 6) is 0.441. The van der Waals surface area contributed by atoms with Crippen molar-refractivity contribution in [3.8, 4) is 11.5 Å². The first-order valence-electron chi connectivity index (χ1n) is 4.34. The van der Waals surface area contributed by atoms with E-state index in [9.17, 15) is 5.11 Å². The largest absolute Gasteiger partial charge is 0.503 e. The molecule has 0 amide bonds. The van der Waals surface area contributed by atoms with Crippen molar-refractivity contribution in [2.24, 2.45) is 5.11 Å². The van der Waals surface area contributed by atoms with Crippen LogP contribution in [0.1, 0.15) is 12.5 Å². The number of nitrogens with zero attached hydrogens (tertiary/aromatic N) is 3. The van der Waals surface area contributed by atoms with Gasteiger partial charge in [-0.15, -0.1) is 0 Å². The molecule has 0 bridgehead atoms. The lowest BCUT2D eigenvalue weighted by molar-refractivity contribution is 0.317. The Morgan fingerprint density at radius 3 is 2.93 bits per heavy atom. The van der Waals surface area contributed by atoms with E-state index in [1.807, 2.05) is 6.92 Å². The molecule has 0 fully saturated rings. The van der Waals surface area contributed by atoms with Crippen molar-refractivity contribution in [1.29, 1.82) is 0 Å². The maximum Gasteiger partial charge on any atom is 0.172 e. The van der Waals surface area contributed by atoms with E-state index < -0.39 is 0 Å². The summed E-state index contributed by atoms with van der Waals surface area (Å²) < 4.78 is 5.75. The molecule has 0 aliphatic rings. The molecule has 0 saturated carbocycles. The maximum absolute atomic E-state index is 9.60. The van der Waals surface area contributed by atoms with Gasteiger partial charge in [0.15, 0.2) is 11.5 Å². The molecule has 1 rings (SSSR count). The van der Waals surface area contributed by atoms with Crippen LogP contribution in [0.25, 0.3) is 10.4 Å². The molecule has 0 aromatic heterocycles. The average Bonchev–Trinajstić information content (AvgIpc) is 2.22. The minimum Gasteiger partial charge on any atom is -0.503 e. The SMILES string of the molecule is CCOc1cc(CN=[N+]=[N-])cc(Br)c1O. The van der Waals surface area contributed by atoms with Crippen molar-refractivity contribution >= 4 is 15.9 Å². The molecule has 0 unspecified atom stereocenters. The molecule has 1 N–H and O–H groups in total. The number of phenolic OH excluding ortho intramolecular Hbond substituents is 1. The number of benzene rings is 1. The fourth-order valence-corrected chi connectivity index (χ4v) is 1.59. The van der Waals surface area contributed by atoms with Crippen molar-refractivity contribution in [2.45, 2.75) is 13.5 Å². The van der Waals surface area contributed by atoms with Crippen LogP contribution in [0.15, 0.2) is 21.7 Å². The number of ether oxygens (including phenoxy) is 1. The molecule has 0 spiro atoms. The summed E-state index contributed by atoms with van der Waals surface area (Å²) in [6, 6.07) is 3.34. The molecule has 0 aliphatic heterocycles. The van der Waals surface area contributed by atoms with E-state index >= 15 is 0 Å². The zero-order chi connectivity index (χ0) is 11.3. The molecule has 15 heavy (non-hydrogen) atoms. The van der Waals surface area contributed by atoms with E-state index in [1.165, 1.54) is 0 Å². The molecular weight excluding hydrogens is 262 g/mol. The Labute approximate surface area is 95.4 Å². The first-order valence-corrected chi connectivity index (χ1v) is 5.13. The Morgan fingerprint density at radius 1 is 1.60 bits per heavy atom. The highest BCUT2D eigenvalue weighted by Gasteiger charge is 2.08. The lowest BCUT2D eigenvalue weighted by Crippen LogP contribution is -1.93. The second-order valence-electron chi connectivity index (χ2n) is 2.75. The summed E-state index contributed by atoms with van der Waals surface area (Å²) >= 11 is 3.19. The number of aromatic hydroxyl groups is 1. The summed E-state index contributed by atoms with van der Waals surface area (Å²) in [5, 5.41) is 13.0. The molecule has 0 aliphatic carbocycles. The fourth-order valence-electron chi connectivity index (χ4n) is 1.10. The van der Waals surface area contributed by atoms with Gasteiger partial charge in [-0.05, 0) is 46.1 Å². The molecule has 0 atom stereocenters. The van der Waals surface area contributed by atoms with Crippen molar-refractivity contribution in [3.63, 3.8) is 0 Å². The lowest BCUT2D eigenvalue weighted by Gasteiger charge is -2.08. The molecule has 5 nitrogen and oxygen atoms in total. The van der Waals surface area contributed by atoms with Gasteiger partial charge in [-0.1, -0.05) is 5.11 Å². The first kappa shape index (κ1) is 11.7. The second-order valence-corrected chi connectivity index (χ2v) is 3.60. The van der Waals surface area contributed by atoms with E-state index in [0.29, 0.717) is 16.8 Å². The van der Waals surface area contributed by atoms with Crippen molar-refractivity contribution in [3.05, 3.63) is 32.6 Å². The van der Waals surface area contributed by atoms with E-state index in [4.69, 9.17) is 10.3 Å². The summed E-state index contributed by atoms with van der Waals surface area (Å²) in [6.45, 7) is 2.52. The number of azide groups is 1. The molecule has 6 heteroatoms. The number of rotatable bonds is 4. The van der Waals surface area contributed by atoms with Crippen LogP contribution >= 0.6 is 15.9 Å². The third kappa shape index (κ3) is 3.04. The van der Waals surface area contributed by atoms with Crippen molar-refractivity contribution < 1.29 is 9.84 Å².